The number of hydrogen-bond acceptors (Lipinski definition) is 4. The molecule has 0 amide bonds. The van der Waals surface area contributed by atoms with E-state index in [1.807, 2.05) is 0 Å². The van der Waals surface area contributed by atoms with Crippen LogP contribution in [0.5, 0.6) is 5.75 Å². The number of nitrogens with two attached hydrogens (primary N) is 1. The minimum atomic E-state index is -0.483. The number of ether oxygens (including phenoxy) is 1. The Labute approximate surface area is 107 Å². The number of benzene rings is 1. The van der Waals surface area contributed by atoms with Crippen LogP contribution < -0.4 is 10.5 Å². The SMILES string of the molecule is CCOc1ccc(Cl)c(-c2cnc(N)s2)c1F. The fraction of sp³-hybridized carbons (Fsp3) is 0.182. The molecule has 6 heteroatoms. The van der Waals surface area contributed by atoms with Gasteiger partial charge in [-0.15, -0.1) is 0 Å². The van der Waals surface area contributed by atoms with E-state index in [-0.39, 0.29) is 11.3 Å². The number of rotatable bonds is 3. The highest BCUT2D eigenvalue weighted by Gasteiger charge is 2.17. The van der Waals surface area contributed by atoms with Gasteiger partial charge in [0.05, 0.1) is 22.1 Å². The maximum Gasteiger partial charge on any atom is 0.180 e. The molecule has 0 aliphatic heterocycles. The van der Waals surface area contributed by atoms with Gasteiger partial charge < -0.3 is 10.5 Å². The fourth-order valence-corrected chi connectivity index (χ4v) is 2.47. The smallest absolute Gasteiger partial charge is 0.180 e. The third-order valence-electron chi connectivity index (χ3n) is 2.13. The molecule has 0 atom stereocenters. The third-order valence-corrected chi connectivity index (χ3v) is 3.28. The van der Waals surface area contributed by atoms with Crippen molar-refractivity contribution in [1.29, 1.82) is 0 Å². The number of halogens is 2. The van der Waals surface area contributed by atoms with Gasteiger partial charge in [-0.05, 0) is 19.1 Å². The van der Waals surface area contributed by atoms with E-state index in [2.05, 4.69) is 4.98 Å². The number of thiazole rings is 1. The molecule has 2 rings (SSSR count). The van der Waals surface area contributed by atoms with Crippen molar-refractivity contribution in [3.05, 3.63) is 29.2 Å². The Morgan fingerprint density at radius 2 is 2.29 bits per heavy atom. The Kier molecular flexibility index (Phi) is 3.49. The summed E-state index contributed by atoms with van der Waals surface area (Å²) in [6.45, 7) is 2.18. The van der Waals surface area contributed by atoms with Gasteiger partial charge in [-0.1, -0.05) is 22.9 Å². The lowest BCUT2D eigenvalue weighted by molar-refractivity contribution is 0.322. The molecule has 2 N–H and O–H groups in total. The second kappa shape index (κ2) is 4.89. The van der Waals surface area contributed by atoms with Crippen molar-refractivity contribution >= 4 is 28.1 Å². The normalized spacial score (nSPS) is 10.5. The molecule has 0 bridgehead atoms. The van der Waals surface area contributed by atoms with Crippen molar-refractivity contribution in [3.63, 3.8) is 0 Å². The van der Waals surface area contributed by atoms with Gasteiger partial charge in [0, 0.05) is 6.20 Å². The van der Waals surface area contributed by atoms with Crippen LogP contribution in [0.2, 0.25) is 5.02 Å². The summed E-state index contributed by atoms with van der Waals surface area (Å²) >= 11 is 7.17. The minimum Gasteiger partial charge on any atom is -0.491 e. The first-order valence-electron chi connectivity index (χ1n) is 4.96. The van der Waals surface area contributed by atoms with E-state index in [0.717, 1.165) is 0 Å². The van der Waals surface area contributed by atoms with Crippen molar-refractivity contribution in [2.45, 2.75) is 6.92 Å². The molecule has 0 spiro atoms. The highest BCUT2D eigenvalue weighted by Crippen LogP contribution is 2.38. The fourth-order valence-electron chi connectivity index (χ4n) is 1.43. The monoisotopic (exact) mass is 272 g/mol. The van der Waals surface area contributed by atoms with E-state index < -0.39 is 5.82 Å². The van der Waals surface area contributed by atoms with E-state index in [0.29, 0.717) is 21.6 Å². The van der Waals surface area contributed by atoms with Gasteiger partial charge in [-0.2, -0.15) is 0 Å². The van der Waals surface area contributed by atoms with Gasteiger partial charge in [0.2, 0.25) is 0 Å². The lowest BCUT2D eigenvalue weighted by Gasteiger charge is -2.09. The van der Waals surface area contributed by atoms with Crippen LogP contribution in [0.3, 0.4) is 0 Å². The van der Waals surface area contributed by atoms with E-state index in [1.165, 1.54) is 23.6 Å². The van der Waals surface area contributed by atoms with Crippen LogP contribution in [-0.2, 0) is 0 Å². The van der Waals surface area contributed by atoms with E-state index >= 15 is 0 Å². The summed E-state index contributed by atoms with van der Waals surface area (Å²) in [6.07, 6.45) is 1.50. The Balaban J connectivity index is 2.55. The molecule has 2 aromatic rings. The predicted octanol–water partition coefficient (Wildman–Crippen LogP) is 3.58. The first-order chi connectivity index (χ1) is 8.13. The molecule has 0 saturated carbocycles. The zero-order valence-electron chi connectivity index (χ0n) is 9.04. The molecule has 0 unspecified atom stereocenters. The second-order valence-corrected chi connectivity index (χ2v) is 4.70. The zero-order valence-corrected chi connectivity index (χ0v) is 10.6. The van der Waals surface area contributed by atoms with Crippen molar-refractivity contribution < 1.29 is 9.13 Å². The summed E-state index contributed by atoms with van der Waals surface area (Å²) in [6, 6.07) is 3.11. The van der Waals surface area contributed by atoms with E-state index in [4.69, 9.17) is 22.1 Å². The quantitative estimate of drug-likeness (QED) is 0.929. The Morgan fingerprint density at radius 1 is 1.53 bits per heavy atom. The Morgan fingerprint density at radius 3 is 2.88 bits per heavy atom. The largest absolute Gasteiger partial charge is 0.491 e. The van der Waals surface area contributed by atoms with Crippen LogP contribution in [0.1, 0.15) is 6.92 Å². The highest BCUT2D eigenvalue weighted by atomic mass is 35.5. The van der Waals surface area contributed by atoms with Crippen LogP contribution in [0.4, 0.5) is 9.52 Å². The average Bonchev–Trinajstić information content (AvgIpc) is 2.69. The number of anilines is 1. The van der Waals surface area contributed by atoms with Gasteiger partial charge in [0.25, 0.3) is 0 Å². The van der Waals surface area contributed by atoms with Crippen molar-refractivity contribution in [2.75, 3.05) is 12.3 Å². The number of aromatic nitrogens is 1. The van der Waals surface area contributed by atoms with Crippen molar-refractivity contribution in [3.8, 4) is 16.2 Å². The molecule has 90 valence electrons. The first-order valence-corrected chi connectivity index (χ1v) is 6.15. The molecule has 1 aromatic carbocycles. The molecular weight excluding hydrogens is 263 g/mol. The van der Waals surface area contributed by atoms with Crippen LogP contribution in [-0.4, -0.2) is 11.6 Å². The molecule has 17 heavy (non-hydrogen) atoms. The Bertz CT molecular complexity index is 544. The standard InChI is InChI=1S/C11H10ClFN2OS/c1-2-16-7-4-3-6(12)9(10(7)13)8-5-15-11(14)17-8/h3-5H,2H2,1H3,(H2,14,15). The first kappa shape index (κ1) is 12.1. The topological polar surface area (TPSA) is 48.1 Å². The zero-order chi connectivity index (χ0) is 12.4. The molecule has 3 nitrogen and oxygen atoms in total. The third kappa shape index (κ3) is 2.35. The molecule has 0 radical (unpaired) electrons. The van der Waals surface area contributed by atoms with Gasteiger partial charge in [-0.25, -0.2) is 9.37 Å². The summed E-state index contributed by atoms with van der Waals surface area (Å²) in [5, 5.41) is 0.687. The van der Waals surface area contributed by atoms with Crippen molar-refractivity contribution in [1.82, 2.24) is 4.98 Å². The number of hydrogen-bond donors (Lipinski definition) is 1. The lowest BCUT2D eigenvalue weighted by Crippen LogP contribution is -1.96. The van der Waals surface area contributed by atoms with Crippen molar-refractivity contribution in [2.24, 2.45) is 0 Å². The van der Waals surface area contributed by atoms with Gasteiger partial charge in [0.15, 0.2) is 16.7 Å². The summed E-state index contributed by atoms with van der Waals surface area (Å²) in [7, 11) is 0. The second-order valence-electron chi connectivity index (χ2n) is 3.23. The lowest BCUT2D eigenvalue weighted by atomic mass is 10.1. The molecule has 1 aromatic heterocycles. The van der Waals surface area contributed by atoms with E-state index in [9.17, 15) is 4.39 Å². The van der Waals surface area contributed by atoms with Gasteiger partial charge >= 0.3 is 0 Å². The summed E-state index contributed by atoms with van der Waals surface area (Å²) in [5.74, 6) is -0.304. The molecule has 0 saturated heterocycles. The molecular formula is C11H10ClFN2OS. The van der Waals surface area contributed by atoms with Gasteiger partial charge in [0.1, 0.15) is 0 Å². The summed E-state index contributed by atoms with van der Waals surface area (Å²) in [5.41, 5.74) is 5.81. The Hall–Kier alpha value is -1.33. The molecule has 0 aliphatic carbocycles. The maximum atomic E-state index is 14.1. The summed E-state index contributed by atoms with van der Waals surface area (Å²) in [4.78, 5) is 4.47. The average molecular weight is 273 g/mol. The number of nitrogen functional groups attached to an aromatic ring is 1. The van der Waals surface area contributed by atoms with E-state index in [1.54, 1.807) is 13.0 Å². The highest BCUT2D eigenvalue weighted by molar-refractivity contribution is 7.18. The van der Waals surface area contributed by atoms with Crippen LogP contribution >= 0.6 is 22.9 Å². The summed E-state index contributed by atoms with van der Waals surface area (Å²) < 4.78 is 19.3. The predicted molar refractivity (Wildman–Crippen MR) is 68.1 cm³/mol. The van der Waals surface area contributed by atoms with Crippen LogP contribution in [0.15, 0.2) is 18.3 Å². The van der Waals surface area contributed by atoms with Crippen LogP contribution in [0.25, 0.3) is 10.4 Å². The molecule has 0 fully saturated rings. The molecule has 0 aliphatic rings. The maximum absolute atomic E-state index is 14.1. The molecule has 1 heterocycles. The van der Waals surface area contributed by atoms with Gasteiger partial charge in [-0.3, -0.25) is 0 Å². The van der Waals surface area contributed by atoms with Crippen LogP contribution in [0, 0.1) is 5.82 Å². The number of nitrogens with zero attached hydrogens (tertiary/aromatic N) is 1. The minimum absolute atomic E-state index is 0.180.